The number of benzene rings is 1. The lowest BCUT2D eigenvalue weighted by atomic mass is 10.2. The third-order valence-corrected chi connectivity index (χ3v) is 2.51. The summed E-state index contributed by atoms with van der Waals surface area (Å²) in [5.41, 5.74) is 0.706. The molecule has 1 N–H and O–H groups in total. The van der Waals surface area contributed by atoms with Crippen LogP contribution in [0.25, 0.3) is 11.4 Å². The fourth-order valence-electron chi connectivity index (χ4n) is 1.20. The van der Waals surface area contributed by atoms with Crippen molar-refractivity contribution < 1.29 is 0 Å². The molecule has 0 bridgehead atoms. The van der Waals surface area contributed by atoms with Gasteiger partial charge < -0.3 is 0 Å². The number of aromatic amines is 1. The minimum absolute atomic E-state index is 0.206. The number of nitrogens with one attached hydrogen (secondary N) is 1. The predicted octanol–water partition coefficient (Wildman–Crippen LogP) is 1.54. The second-order valence-corrected chi connectivity index (χ2v) is 3.83. The van der Waals surface area contributed by atoms with Crippen molar-refractivity contribution in [2.24, 2.45) is 7.05 Å². The first-order chi connectivity index (χ1) is 6.68. The Hall–Kier alpha value is -1.36. The van der Waals surface area contributed by atoms with Crippen LogP contribution in [-0.4, -0.2) is 14.8 Å². The highest BCUT2D eigenvalue weighted by Crippen LogP contribution is 2.17. The SMILES string of the molecule is Cn1c(-c2ccc(Br)cc2)n[nH]c1=O. The lowest BCUT2D eigenvalue weighted by molar-refractivity contribution is 0.869. The average Bonchev–Trinajstić information content (AvgIpc) is 2.50. The molecular weight excluding hydrogens is 246 g/mol. The fraction of sp³-hybridized carbons (Fsp3) is 0.111. The Balaban J connectivity index is 2.55. The maximum atomic E-state index is 11.1. The summed E-state index contributed by atoms with van der Waals surface area (Å²) in [6, 6.07) is 7.63. The van der Waals surface area contributed by atoms with E-state index >= 15 is 0 Å². The van der Waals surface area contributed by atoms with Crippen LogP contribution in [0.5, 0.6) is 0 Å². The molecule has 2 aromatic rings. The van der Waals surface area contributed by atoms with Crippen molar-refractivity contribution in [3.8, 4) is 11.4 Å². The molecule has 5 heteroatoms. The lowest BCUT2D eigenvalue weighted by Gasteiger charge is -1.98. The van der Waals surface area contributed by atoms with E-state index in [1.54, 1.807) is 7.05 Å². The van der Waals surface area contributed by atoms with E-state index in [0.29, 0.717) is 5.82 Å². The molecule has 0 saturated heterocycles. The fourth-order valence-corrected chi connectivity index (χ4v) is 1.47. The van der Waals surface area contributed by atoms with Gasteiger partial charge in [-0.25, -0.2) is 9.89 Å². The number of aromatic nitrogens is 3. The normalized spacial score (nSPS) is 10.4. The van der Waals surface area contributed by atoms with Gasteiger partial charge in [0, 0.05) is 17.1 Å². The van der Waals surface area contributed by atoms with E-state index in [2.05, 4.69) is 26.1 Å². The van der Waals surface area contributed by atoms with Crippen molar-refractivity contribution in [3.63, 3.8) is 0 Å². The Bertz CT molecular complexity index is 498. The van der Waals surface area contributed by atoms with Gasteiger partial charge >= 0.3 is 5.69 Å². The smallest absolute Gasteiger partial charge is 0.278 e. The minimum Gasteiger partial charge on any atom is -0.278 e. The van der Waals surface area contributed by atoms with Gasteiger partial charge in [0.15, 0.2) is 5.82 Å². The zero-order valence-corrected chi connectivity index (χ0v) is 9.08. The number of nitrogens with zero attached hydrogens (tertiary/aromatic N) is 2. The summed E-state index contributed by atoms with van der Waals surface area (Å²) in [5.74, 6) is 0.641. The molecular formula is C9H8BrN3O. The van der Waals surface area contributed by atoms with Crippen molar-refractivity contribution in [2.75, 3.05) is 0 Å². The third kappa shape index (κ3) is 1.50. The van der Waals surface area contributed by atoms with Gasteiger partial charge in [-0.1, -0.05) is 28.1 Å². The molecule has 0 radical (unpaired) electrons. The van der Waals surface area contributed by atoms with E-state index in [1.165, 1.54) is 4.57 Å². The molecule has 0 amide bonds. The van der Waals surface area contributed by atoms with Gasteiger partial charge in [0.1, 0.15) is 0 Å². The van der Waals surface area contributed by atoms with Crippen LogP contribution in [0, 0.1) is 0 Å². The van der Waals surface area contributed by atoms with E-state index in [-0.39, 0.29) is 5.69 Å². The van der Waals surface area contributed by atoms with Gasteiger partial charge in [-0.2, -0.15) is 5.10 Å². The molecule has 0 aliphatic rings. The zero-order chi connectivity index (χ0) is 10.1. The standard InChI is InChI=1S/C9H8BrN3O/c1-13-8(11-12-9(13)14)6-2-4-7(10)5-3-6/h2-5H,1H3,(H,12,14). The second kappa shape index (κ2) is 3.42. The van der Waals surface area contributed by atoms with E-state index in [4.69, 9.17) is 0 Å². The van der Waals surface area contributed by atoms with Crippen LogP contribution in [0.4, 0.5) is 0 Å². The van der Waals surface area contributed by atoms with E-state index in [0.717, 1.165) is 10.0 Å². The molecule has 1 aromatic heterocycles. The van der Waals surface area contributed by atoms with Crippen molar-refractivity contribution >= 4 is 15.9 Å². The van der Waals surface area contributed by atoms with Gasteiger partial charge in [0.05, 0.1) is 0 Å². The number of H-pyrrole nitrogens is 1. The van der Waals surface area contributed by atoms with Crippen LogP contribution >= 0.6 is 15.9 Å². The molecule has 1 heterocycles. The van der Waals surface area contributed by atoms with Crippen molar-refractivity contribution in [3.05, 3.63) is 39.2 Å². The Labute approximate surface area is 88.7 Å². The summed E-state index contributed by atoms with van der Waals surface area (Å²) < 4.78 is 2.48. The van der Waals surface area contributed by atoms with Crippen molar-refractivity contribution in [1.29, 1.82) is 0 Å². The Kier molecular flexibility index (Phi) is 2.25. The topological polar surface area (TPSA) is 50.7 Å². The molecule has 4 nitrogen and oxygen atoms in total. The van der Waals surface area contributed by atoms with Crippen molar-refractivity contribution in [2.45, 2.75) is 0 Å². The number of hydrogen-bond donors (Lipinski definition) is 1. The summed E-state index contributed by atoms with van der Waals surface area (Å²) in [4.78, 5) is 11.1. The molecule has 14 heavy (non-hydrogen) atoms. The quantitative estimate of drug-likeness (QED) is 0.839. The number of hydrogen-bond acceptors (Lipinski definition) is 2. The Morgan fingerprint density at radius 1 is 1.36 bits per heavy atom. The predicted molar refractivity (Wildman–Crippen MR) is 57.0 cm³/mol. The Morgan fingerprint density at radius 3 is 2.50 bits per heavy atom. The largest absolute Gasteiger partial charge is 0.343 e. The molecule has 0 saturated carbocycles. The molecule has 2 rings (SSSR count). The van der Waals surface area contributed by atoms with Gasteiger partial charge in [-0.3, -0.25) is 4.57 Å². The summed E-state index contributed by atoms with van der Waals surface area (Å²) in [6.07, 6.45) is 0. The average molecular weight is 254 g/mol. The summed E-state index contributed by atoms with van der Waals surface area (Å²) in [6.45, 7) is 0. The molecule has 1 aromatic carbocycles. The van der Waals surface area contributed by atoms with Gasteiger partial charge in [-0.05, 0) is 12.1 Å². The maximum Gasteiger partial charge on any atom is 0.343 e. The summed E-state index contributed by atoms with van der Waals surface area (Å²) in [5, 5.41) is 6.32. The number of halogens is 1. The highest BCUT2D eigenvalue weighted by molar-refractivity contribution is 9.10. The summed E-state index contributed by atoms with van der Waals surface area (Å²) in [7, 11) is 1.68. The molecule has 0 spiro atoms. The minimum atomic E-state index is -0.206. The van der Waals surface area contributed by atoms with Crippen molar-refractivity contribution in [1.82, 2.24) is 14.8 Å². The van der Waals surface area contributed by atoms with Gasteiger partial charge in [0.2, 0.25) is 0 Å². The second-order valence-electron chi connectivity index (χ2n) is 2.92. The van der Waals surface area contributed by atoms with Crippen LogP contribution in [0.2, 0.25) is 0 Å². The van der Waals surface area contributed by atoms with Gasteiger partial charge in [-0.15, -0.1) is 0 Å². The molecule has 0 fully saturated rings. The van der Waals surface area contributed by atoms with E-state index < -0.39 is 0 Å². The van der Waals surface area contributed by atoms with Crippen LogP contribution in [-0.2, 0) is 7.05 Å². The van der Waals surface area contributed by atoms with E-state index in [9.17, 15) is 4.79 Å². The van der Waals surface area contributed by atoms with Gasteiger partial charge in [0.25, 0.3) is 0 Å². The maximum absolute atomic E-state index is 11.1. The number of rotatable bonds is 1. The lowest BCUT2D eigenvalue weighted by Crippen LogP contribution is -2.13. The zero-order valence-electron chi connectivity index (χ0n) is 7.49. The first-order valence-corrected chi connectivity index (χ1v) is 4.85. The molecule has 72 valence electrons. The highest BCUT2D eigenvalue weighted by atomic mass is 79.9. The molecule has 0 aliphatic heterocycles. The van der Waals surface area contributed by atoms with Crippen LogP contribution < -0.4 is 5.69 Å². The van der Waals surface area contributed by atoms with E-state index in [1.807, 2.05) is 24.3 Å². The van der Waals surface area contributed by atoms with Crippen LogP contribution in [0.3, 0.4) is 0 Å². The van der Waals surface area contributed by atoms with Crippen LogP contribution in [0.1, 0.15) is 0 Å². The molecule has 0 unspecified atom stereocenters. The first-order valence-electron chi connectivity index (χ1n) is 4.06. The molecule has 0 atom stereocenters. The third-order valence-electron chi connectivity index (χ3n) is 1.98. The molecule has 0 aliphatic carbocycles. The highest BCUT2D eigenvalue weighted by Gasteiger charge is 2.05. The first kappa shape index (κ1) is 9.21. The monoisotopic (exact) mass is 253 g/mol. The summed E-state index contributed by atoms with van der Waals surface area (Å²) >= 11 is 3.34. The Morgan fingerprint density at radius 2 is 2.00 bits per heavy atom. The van der Waals surface area contributed by atoms with Crippen LogP contribution in [0.15, 0.2) is 33.5 Å².